The van der Waals surface area contributed by atoms with Crippen LogP contribution in [-0.4, -0.2) is 26.7 Å². The quantitative estimate of drug-likeness (QED) is 0.769. The highest BCUT2D eigenvalue weighted by Gasteiger charge is 2.17. The van der Waals surface area contributed by atoms with Crippen molar-refractivity contribution in [3.8, 4) is 11.5 Å². The molecule has 0 aliphatic carbocycles. The van der Waals surface area contributed by atoms with Crippen molar-refractivity contribution in [2.75, 3.05) is 26.1 Å². The van der Waals surface area contributed by atoms with Crippen LogP contribution in [0.5, 0.6) is 11.5 Å². The maximum Gasteiger partial charge on any atom is 0.238 e. The van der Waals surface area contributed by atoms with E-state index in [1.54, 1.807) is 32.4 Å². The summed E-state index contributed by atoms with van der Waals surface area (Å²) in [5.41, 5.74) is 1.76. The Morgan fingerprint density at radius 3 is 2.36 bits per heavy atom. The van der Waals surface area contributed by atoms with Crippen LogP contribution in [0, 0.1) is 5.92 Å². The van der Waals surface area contributed by atoms with Gasteiger partial charge in [0.25, 0.3) is 0 Å². The van der Waals surface area contributed by atoms with Gasteiger partial charge in [-0.05, 0) is 23.6 Å². The lowest BCUT2D eigenvalue weighted by Crippen LogP contribution is -2.33. The zero-order chi connectivity index (χ0) is 18.2. The second-order valence-corrected chi connectivity index (χ2v) is 6.13. The molecule has 5 nitrogen and oxygen atoms in total. The number of benzene rings is 2. The third-order valence-electron chi connectivity index (χ3n) is 3.99. The van der Waals surface area contributed by atoms with Gasteiger partial charge in [-0.2, -0.15) is 0 Å². The number of anilines is 1. The summed E-state index contributed by atoms with van der Waals surface area (Å²) in [6.07, 6.45) is 0. The largest absolute Gasteiger partial charge is 0.497 e. The average Bonchev–Trinajstić information content (AvgIpc) is 2.62. The average molecular weight is 342 g/mol. The topological polar surface area (TPSA) is 59.6 Å². The highest BCUT2D eigenvalue weighted by molar-refractivity contribution is 5.94. The number of ether oxygens (including phenoxy) is 2. The lowest BCUT2D eigenvalue weighted by atomic mass is 9.96. The molecule has 0 spiro atoms. The number of rotatable bonds is 8. The standard InChI is InChI=1S/C20H26N2O3/c1-14(2)20(15-8-6-5-7-9-15)21-13-19(23)22-17-12-16(24-3)10-11-18(17)25-4/h5-12,14,20-21H,13H2,1-4H3,(H,22,23)/t20-/m1/s1. The Hall–Kier alpha value is -2.53. The van der Waals surface area contributed by atoms with Crippen LogP contribution in [0.3, 0.4) is 0 Å². The lowest BCUT2D eigenvalue weighted by Gasteiger charge is -2.23. The van der Waals surface area contributed by atoms with E-state index in [0.717, 1.165) is 0 Å². The second-order valence-electron chi connectivity index (χ2n) is 6.13. The Morgan fingerprint density at radius 2 is 1.76 bits per heavy atom. The van der Waals surface area contributed by atoms with Crippen molar-refractivity contribution < 1.29 is 14.3 Å². The summed E-state index contributed by atoms with van der Waals surface area (Å²) in [6, 6.07) is 15.6. The number of hydrogen-bond acceptors (Lipinski definition) is 4. The van der Waals surface area contributed by atoms with Crippen molar-refractivity contribution in [1.29, 1.82) is 0 Å². The van der Waals surface area contributed by atoms with E-state index in [4.69, 9.17) is 9.47 Å². The molecule has 0 aliphatic rings. The van der Waals surface area contributed by atoms with Crippen molar-refractivity contribution in [3.05, 3.63) is 54.1 Å². The van der Waals surface area contributed by atoms with Crippen LogP contribution in [-0.2, 0) is 4.79 Å². The van der Waals surface area contributed by atoms with Crippen LogP contribution in [0.1, 0.15) is 25.5 Å². The summed E-state index contributed by atoms with van der Waals surface area (Å²) in [5, 5.41) is 6.21. The number of carbonyl (C=O) groups excluding carboxylic acids is 1. The second kappa shape index (κ2) is 9.08. The molecule has 5 heteroatoms. The van der Waals surface area contributed by atoms with Crippen LogP contribution >= 0.6 is 0 Å². The zero-order valence-electron chi connectivity index (χ0n) is 15.2. The summed E-state index contributed by atoms with van der Waals surface area (Å²) in [5.74, 6) is 1.49. The van der Waals surface area contributed by atoms with Gasteiger partial charge in [0.15, 0.2) is 0 Å². The molecule has 1 amide bonds. The van der Waals surface area contributed by atoms with Crippen molar-refractivity contribution in [2.45, 2.75) is 19.9 Å². The Balaban J connectivity index is 2.02. The van der Waals surface area contributed by atoms with Crippen molar-refractivity contribution >= 4 is 11.6 Å². The Labute approximate surface area is 149 Å². The van der Waals surface area contributed by atoms with Crippen LogP contribution in [0.2, 0.25) is 0 Å². The van der Waals surface area contributed by atoms with E-state index >= 15 is 0 Å². The van der Waals surface area contributed by atoms with Gasteiger partial charge in [-0.1, -0.05) is 44.2 Å². The Kier molecular flexibility index (Phi) is 6.83. The lowest BCUT2D eigenvalue weighted by molar-refractivity contribution is -0.115. The van der Waals surface area contributed by atoms with Gasteiger partial charge < -0.3 is 20.1 Å². The van der Waals surface area contributed by atoms with Gasteiger partial charge in [-0.15, -0.1) is 0 Å². The minimum atomic E-state index is -0.131. The number of carbonyl (C=O) groups is 1. The smallest absolute Gasteiger partial charge is 0.238 e. The van der Waals surface area contributed by atoms with Gasteiger partial charge >= 0.3 is 0 Å². The SMILES string of the molecule is COc1ccc(OC)c(NC(=O)CN[C@@H](c2ccccc2)C(C)C)c1. The molecule has 0 radical (unpaired) electrons. The monoisotopic (exact) mass is 342 g/mol. The first-order valence-electron chi connectivity index (χ1n) is 8.35. The molecular weight excluding hydrogens is 316 g/mol. The van der Waals surface area contributed by atoms with E-state index in [2.05, 4.69) is 36.6 Å². The third kappa shape index (κ3) is 5.22. The number of nitrogens with one attached hydrogen (secondary N) is 2. The molecule has 0 fully saturated rings. The number of methoxy groups -OCH3 is 2. The molecular formula is C20H26N2O3. The summed E-state index contributed by atoms with van der Waals surface area (Å²) in [6.45, 7) is 4.47. The molecule has 0 aliphatic heterocycles. The van der Waals surface area contributed by atoms with E-state index < -0.39 is 0 Å². The maximum absolute atomic E-state index is 12.4. The van der Waals surface area contributed by atoms with Crippen molar-refractivity contribution in [1.82, 2.24) is 5.32 Å². The maximum atomic E-state index is 12.4. The Morgan fingerprint density at radius 1 is 1.04 bits per heavy atom. The minimum absolute atomic E-state index is 0.110. The van der Waals surface area contributed by atoms with Gasteiger partial charge in [-0.3, -0.25) is 4.79 Å². The summed E-state index contributed by atoms with van der Waals surface area (Å²) >= 11 is 0. The normalized spacial score (nSPS) is 11.9. The molecule has 25 heavy (non-hydrogen) atoms. The molecule has 2 N–H and O–H groups in total. The first kappa shape index (κ1) is 18.8. The summed E-state index contributed by atoms with van der Waals surface area (Å²) in [4.78, 5) is 12.4. The van der Waals surface area contributed by atoms with E-state index in [0.29, 0.717) is 23.1 Å². The van der Waals surface area contributed by atoms with E-state index in [-0.39, 0.29) is 18.5 Å². The number of amides is 1. The fourth-order valence-electron chi connectivity index (χ4n) is 2.71. The van der Waals surface area contributed by atoms with Crippen LogP contribution in [0.15, 0.2) is 48.5 Å². The molecule has 0 saturated carbocycles. The molecule has 2 rings (SSSR count). The fraction of sp³-hybridized carbons (Fsp3) is 0.350. The molecule has 0 saturated heterocycles. The highest BCUT2D eigenvalue weighted by Crippen LogP contribution is 2.29. The van der Waals surface area contributed by atoms with Crippen molar-refractivity contribution in [2.24, 2.45) is 5.92 Å². The molecule has 134 valence electrons. The van der Waals surface area contributed by atoms with Gasteiger partial charge in [0.2, 0.25) is 5.91 Å². The Bertz CT molecular complexity index is 687. The third-order valence-corrected chi connectivity index (χ3v) is 3.99. The number of hydrogen-bond donors (Lipinski definition) is 2. The molecule has 2 aromatic rings. The highest BCUT2D eigenvalue weighted by atomic mass is 16.5. The molecule has 1 atom stereocenters. The zero-order valence-corrected chi connectivity index (χ0v) is 15.2. The summed E-state index contributed by atoms with van der Waals surface area (Å²) in [7, 11) is 3.15. The molecule has 0 unspecified atom stereocenters. The fourth-order valence-corrected chi connectivity index (χ4v) is 2.71. The minimum Gasteiger partial charge on any atom is -0.497 e. The van der Waals surface area contributed by atoms with Gasteiger partial charge in [0.1, 0.15) is 11.5 Å². The molecule has 0 heterocycles. The van der Waals surface area contributed by atoms with E-state index in [9.17, 15) is 4.79 Å². The van der Waals surface area contributed by atoms with Crippen LogP contribution in [0.4, 0.5) is 5.69 Å². The first-order chi connectivity index (χ1) is 12.0. The van der Waals surface area contributed by atoms with Crippen LogP contribution in [0.25, 0.3) is 0 Å². The van der Waals surface area contributed by atoms with Gasteiger partial charge in [-0.25, -0.2) is 0 Å². The molecule has 2 aromatic carbocycles. The van der Waals surface area contributed by atoms with Gasteiger partial charge in [0.05, 0.1) is 26.5 Å². The molecule has 0 aromatic heterocycles. The van der Waals surface area contributed by atoms with Crippen molar-refractivity contribution in [3.63, 3.8) is 0 Å². The van der Waals surface area contributed by atoms with Crippen LogP contribution < -0.4 is 20.1 Å². The molecule has 0 bridgehead atoms. The van der Waals surface area contributed by atoms with E-state index in [1.165, 1.54) is 5.56 Å². The summed E-state index contributed by atoms with van der Waals surface area (Å²) < 4.78 is 10.5. The first-order valence-corrected chi connectivity index (χ1v) is 8.35. The predicted octanol–water partition coefficient (Wildman–Crippen LogP) is 3.63. The van der Waals surface area contributed by atoms with E-state index in [1.807, 2.05) is 18.2 Å². The van der Waals surface area contributed by atoms with Gasteiger partial charge in [0, 0.05) is 12.1 Å². The predicted molar refractivity (Wildman–Crippen MR) is 100 cm³/mol.